The van der Waals surface area contributed by atoms with Crippen molar-refractivity contribution in [2.45, 2.75) is 63.3 Å². The summed E-state index contributed by atoms with van der Waals surface area (Å²) < 4.78 is 0. The molecule has 0 spiro atoms. The number of aliphatic hydroxyl groups is 3. The van der Waals surface area contributed by atoms with Crippen molar-refractivity contribution >= 4 is 5.91 Å². The van der Waals surface area contributed by atoms with E-state index < -0.39 is 24.3 Å². The number of likely N-dealkylation sites (tertiary alicyclic amines) is 1. The second-order valence-electron chi connectivity index (χ2n) is 5.47. The van der Waals surface area contributed by atoms with Crippen LogP contribution >= 0.6 is 0 Å². The molecule has 1 rings (SSSR count). The standard InChI is InChI=1S/C14H28N2O4/c1-3-4-5-6-7-16-10(8-12(18)15-2)13(19)14(20)11(16)9-17/h10-11,13-14,17,19-20H,3-9H2,1-2H3,(H,15,18)/t10-,11-,13-,14-/m1/s1. The van der Waals surface area contributed by atoms with Crippen molar-refractivity contribution in [1.82, 2.24) is 10.2 Å². The van der Waals surface area contributed by atoms with E-state index in [4.69, 9.17) is 0 Å². The van der Waals surface area contributed by atoms with Crippen molar-refractivity contribution in [3.05, 3.63) is 0 Å². The van der Waals surface area contributed by atoms with Crippen molar-refractivity contribution < 1.29 is 20.1 Å². The third kappa shape index (κ3) is 4.15. The second-order valence-corrected chi connectivity index (χ2v) is 5.47. The first-order valence-corrected chi connectivity index (χ1v) is 7.50. The SMILES string of the molecule is CCCCCCN1[C@H](CO)[C@@H](O)[C@H](O)[C@H]1CC(=O)NC. The molecule has 0 aromatic heterocycles. The number of amides is 1. The number of carbonyl (C=O) groups is 1. The lowest BCUT2D eigenvalue weighted by atomic mass is 10.1. The maximum atomic E-state index is 11.5. The number of carbonyl (C=O) groups excluding carboxylic acids is 1. The summed E-state index contributed by atoms with van der Waals surface area (Å²) in [5, 5.41) is 32.1. The molecule has 0 saturated carbocycles. The monoisotopic (exact) mass is 288 g/mol. The van der Waals surface area contributed by atoms with Gasteiger partial charge in [0, 0.05) is 19.5 Å². The molecule has 6 nitrogen and oxygen atoms in total. The van der Waals surface area contributed by atoms with Gasteiger partial charge in [0.1, 0.15) is 0 Å². The minimum atomic E-state index is -0.999. The van der Waals surface area contributed by atoms with E-state index in [1.54, 1.807) is 7.05 Å². The van der Waals surface area contributed by atoms with Crippen LogP contribution in [0.15, 0.2) is 0 Å². The molecule has 0 bridgehead atoms. The Morgan fingerprint density at radius 2 is 1.80 bits per heavy atom. The van der Waals surface area contributed by atoms with Gasteiger partial charge in [-0.3, -0.25) is 9.69 Å². The molecule has 1 amide bonds. The van der Waals surface area contributed by atoms with Crippen LogP contribution in [0.2, 0.25) is 0 Å². The third-order valence-electron chi connectivity index (χ3n) is 4.12. The van der Waals surface area contributed by atoms with Crippen LogP contribution in [0.3, 0.4) is 0 Å². The Balaban J connectivity index is 2.67. The van der Waals surface area contributed by atoms with Gasteiger partial charge in [0.25, 0.3) is 0 Å². The Kier molecular flexibility index (Phi) is 7.43. The largest absolute Gasteiger partial charge is 0.395 e. The molecule has 4 N–H and O–H groups in total. The highest BCUT2D eigenvalue weighted by molar-refractivity contribution is 5.76. The highest BCUT2D eigenvalue weighted by atomic mass is 16.3. The highest BCUT2D eigenvalue weighted by Crippen LogP contribution is 2.28. The maximum absolute atomic E-state index is 11.5. The number of nitrogens with zero attached hydrogens (tertiary/aromatic N) is 1. The summed E-state index contributed by atoms with van der Waals surface area (Å²) in [6.07, 6.45) is 2.44. The minimum Gasteiger partial charge on any atom is -0.395 e. The van der Waals surface area contributed by atoms with E-state index in [1.165, 1.54) is 0 Å². The number of unbranched alkanes of at least 4 members (excludes halogenated alkanes) is 3. The van der Waals surface area contributed by atoms with E-state index >= 15 is 0 Å². The smallest absolute Gasteiger partial charge is 0.221 e. The number of hydrogen-bond acceptors (Lipinski definition) is 5. The van der Waals surface area contributed by atoms with Gasteiger partial charge in [0.05, 0.1) is 24.9 Å². The molecule has 1 fully saturated rings. The molecule has 1 aliphatic heterocycles. The van der Waals surface area contributed by atoms with Gasteiger partial charge in [0.15, 0.2) is 0 Å². The van der Waals surface area contributed by atoms with Crippen molar-refractivity contribution in [1.29, 1.82) is 0 Å². The second kappa shape index (κ2) is 8.56. The normalized spacial score (nSPS) is 30.6. The number of aliphatic hydroxyl groups excluding tert-OH is 3. The van der Waals surface area contributed by atoms with Gasteiger partial charge in [-0.15, -0.1) is 0 Å². The van der Waals surface area contributed by atoms with Crippen molar-refractivity contribution in [3.8, 4) is 0 Å². The molecule has 1 saturated heterocycles. The highest BCUT2D eigenvalue weighted by Gasteiger charge is 2.47. The zero-order valence-electron chi connectivity index (χ0n) is 12.5. The van der Waals surface area contributed by atoms with Crippen LogP contribution in [0, 0.1) is 0 Å². The zero-order chi connectivity index (χ0) is 15.1. The van der Waals surface area contributed by atoms with E-state index in [9.17, 15) is 20.1 Å². The lowest BCUT2D eigenvalue weighted by molar-refractivity contribution is -0.122. The van der Waals surface area contributed by atoms with E-state index in [0.717, 1.165) is 25.7 Å². The molecular weight excluding hydrogens is 260 g/mol. The van der Waals surface area contributed by atoms with E-state index in [0.29, 0.717) is 6.54 Å². The van der Waals surface area contributed by atoms with Gasteiger partial charge in [-0.25, -0.2) is 0 Å². The fourth-order valence-electron chi connectivity index (χ4n) is 2.89. The van der Waals surface area contributed by atoms with Crippen LogP contribution < -0.4 is 5.32 Å². The Labute approximate surface area is 120 Å². The van der Waals surface area contributed by atoms with Gasteiger partial charge in [-0.1, -0.05) is 26.2 Å². The molecule has 0 aliphatic carbocycles. The van der Waals surface area contributed by atoms with Crippen molar-refractivity contribution in [3.63, 3.8) is 0 Å². The fraction of sp³-hybridized carbons (Fsp3) is 0.929. The van der Waals surface area contributed by atoms with Gasteiger partial charge in [-0.05, 0) is 13.0 Å². The zero-order valence-corrected chi connectivity index (χ0v) is 12.5. The summed E-state index contributed by atoms with van der Waals surface area (Å²) in [5.41, 5.74) is 0. The predicted molar refractivity (Wildman–Crippen MR) is 76.2 cm³/mol. The summed E-state index contributed by atoms with van der Waals surface area (Å²) in [7, 11) is 1.55. The van der Waals surface area contributed by atoms with Gasteiger partial charge >= 0.3 is 0 Å². The molecule has 0 unspecified atom stereocenters. The first kappa shape index (κ1) is 17.4. The maximum Gasteiger partial charge on any atom is 0.221 e. The molecule has 0 radical (unpaired) electrons. The molecular formula is C14H28N2O4. The first-order chi connectivity index (χ1) is 9.56. The lowest BCUT2D eigenvalue weighted by Crippen LogP contribution is -2.43. The number of rotatable bonds is 8. The van der Waals surface area contributed by atoms with Crippen LogP contribution in [-0.4, -0.2) is 70.6 Å². The van der Waals surface area contributed by atoms with Gasteiger partial charge < -0.3 is 20.6 Å². The average molecular weight is 288 g/mol. The van der Waals surface area contributed by atoms with Crippen LogP contribution in [-0.2, 0) is 4.79 Å². The van der Waals surface area contributed by atoms with E-state index in [-0.39, 0.29) is 18.9 Å². The molecule has 118 valence electrons. The first-order valence-electron chi connectivity index (χ1n) is 7.50. The van der Waals surface area contributed by atoms with Crippen LogP contribution in [0.5, 0.6) is 0 Å². The van der Waals surface area contributed by atoms with Gasteiger partial charge in [0.2, 0.25) is 5.91 Å². The average Bonchev–Trinajstić information content (AvgIpc) is 2.67. The Hall–Kier alpha value is -0.690. The topological polar surface area (TPSA) is 93.0 Å². The van der Waals surface area contributed by atoms with Crippen LogP contribution in [0.25, 0.3) is 0 Å². The number of hydrogen-bond donors (Lipinski definition) is 4. The lowest BCUT2D eigenvalue weighted by Gasteiger charge is -2.29. The van der Waals surface area contributed by atoms with E-state index in [1.807, 2.05) is 4.90 Å². The Morgan fingerprint density at radius 1 is 1.15 bits per heavy atom. The molecule has 4 atom stereocenters. The molecule has 1 aliphatic rings. The summed E-state index contributed by atoms with van der Waals surface area (Å²) in [4.78, 5) is 13.4. The van der Waals surface area contributed by atoms with E-state index in [2.05, 4.69) is 12.2 Å². The Morgan fingerprint density at radius 3 is 2.35 bits per heavy atom. The fourth-order valence-corrected chi connectivity index (χ4v) is 2.89. The molecule has 0 aromatic rings. The molecule has 20 heavy (non-hydrogen) atoms. The Bertz CT molecular complexity index is 301. The summed E-state index contributed by atoms with van der Waals surface area (Å²) in [6, 6.07) is -0.912. The molecule has 0 aromatic carbocycles. The molecule has 1 heterocycles. The van der Waals surface area contributed by atoms with Gasteiger partial charge in [-0.2, -0.15) is 0 Å². The third-order valence-corrected chi connectivity index (χ3v) is 4.12. The quantitative estimate of drug-likeness (QED) is 0.451. The van der Waals surface area contributed by atoms with Crippen molar-refractivity contribution in [2.24, 2.45) is 0 Å². The minimum absolute atomic E-state index is 0.138. The summed E-state index contributed by atoms with van der Waals surface area (Å²) >= 11 is 0. The molecule has 6 heteroatoms. The predicted octanol–water partition coefficient (Wildman–Crippen LogP) is -0.530. The summed E-state index contributed by atoms with van der Waals surface area (Å²) in [5.74, 6) is -0.168. The van der Waals surface area contributed by atoms with Crippen LogP contribution in [0.1, 0.15) is 39.0 Å². The van der Waals surface area contributed by atoms with Crippen LogP contribution in [0.4, 0.5) is 0 Å². The summed E-state index contributed by atoms with van der Waals surface area (Å²) in [6.45, 7) is 2.60. The number of nitrogens with one attached hydrogen (secondary N) is 1. The van der Waals surface area contributed by atoms with Crippen molar-refractivity contribution in [2.75, 3.05) is 20.2 Å².